The predicted molar refractivity (Wildman–Crippen MR) is 111 cm³/mol. The van der Waals surface area contributed by atoms with Crippen LogP contribution in [0.3, 0.4) is 0 Å². The number of fused-ring (bicyclic) bond motifs is 1. The highest BCUT2D eigenvalue weighted by atomic mass is 35.5. The molecule has 1 saturated heterocycles. The van der Waals surface area contributed by atoms with Gasteiger partial charge in [-0.1, -0.05) is 6.92 Å². The molecule has 0 radical (unpaired) electrons. The van der Waals surface area contributed by atoms with E-state index in [1.165, 1.54) is 15.8 Å². The second-order valence-corrected chi connectivity index (χ2v) is 7.77. The van der Waals surface area contributed by atoms with Gasteiger partial charge in [-0.15, -0.1) is 23.7 Å². The quantitative estimate of drug-likeness (QED) is 0.733. The number of likely N-dealkylation sites (N-methyl/N-ethyl adjacent to an activating group) is 1. The zero-order valence-corrected chi connectivity index (χ0v) is 17.3. The second-order valence-electron chi connectivity index (χ2n) is 6.57. The number of nitrogens with zero attached hydrogens (tertiary/aromatic N) is 3. The number of carbonyl (C=O) groups excluding carboxylic acids is 1. The third kappa shape index (κ3) is 4.45. The normalized spacial score (nSPS) is 15.1. The molecule has 8 heteroatoms. The summed E-state index contributed by atoms with van der Waals surface area (Å²) >= 11 is 1.73. The minimum absolute atomic E-state index is 0. The van der Waals surface area contributed by atoms with Crippen LogP contribution in [0.1, 0.15) is 30.2 Å². The van der Waals surface area contributed by atoms with Crippen LogP contribution in [0, 0.1) is 19.8 Å². The molecule has 0 saturated carbocycles. The third-order valence-corrected chi connectivity index (χ3v) is 6.08. The van der Waals surface area contributed by atoms with Crippen LogP contribution < -0.4 is 15.5 Å². The topological polar surface area (TPSA) is 70.2 Å². The smallest absolute Gasteiger partial charge is 0.223 e. The highest BCUT2D eigenvalue weighted by molar-refractivity contribution is 7.18. The van der Waals surface area contributed by atoms with E-state index in [4.69, 9.17) is 0 Å². The second kappa shape index (κ2) is 9.48. The zero-order valence-electron chi connectivity index (χ0n) is 15.7. The van der Waals surface area contributed by atoms with Crippen LogP contribution >= 0.6 is 23.7 Å². The summed E-state index contributed by atoms with van der Waals surface area (Å²) in [5.74, 6) is 1.33. The number of amides is 1. The van der Waals surface area contributed by atoms with E-state index >= 15 is 0 Å². The van der Waals surface area contributed by atoms with Crippen molar-refractivity contribution < 1.29 is 4.79 Å². The van der Waals surface area contributed by atoms with E-state index in [9.17, 15) is 4.79 Å². The lowest BCUT2D eigenvalue weighted by Gasteiger charge is -2.32. The van der Waals surface area contributed by atoms with Crippen LogP contribution in [0.25, 0.3) is 10.2 Å². The molecule has 26 heavy (non-hydrogen) atoms. The van der Waals surface area contributed by atoms with E-state index in [1.807, 2.05) is 0 Å². The van der Waals surface area contributed by atoms with E-state index in [0.717, 1.165) is 49.7 Å². The summed E-state index contributed by atoms with van der Waals surface area (Å²) in [6.45, 7) is 10.5. The van der Waals surface area contributed by atoms with Crippen molar-refractivity contribution in [2.45, 2.75) is 33.6 Å². The molecule has 0 bridgehead atoms. The molecule has 0 aliphatic carbocycles. The van der Waals surface area contributed by atoms with Crippen LogP contribution in [-0.2, 0) is 4.79 Å². The Morgan fingerprint density at radius 2 is 2.00 bits per heavy atom. The largest absolute Gasteiger partial charge is 0.356 e. The molecule has 3 heterocycles. The first-order valence-corrected chi connectivity index (χ1v) is 9.87. The third-order valence-electron chi connectivity index (χ3n) is 4.96. The standard InChI is InChI=1S/C18H27N5OS.ClH/c1-4-19-7-8-20-17(24)14-5-9-23(10-6-14)16-15-12(2)13(3)25-18(15)22-11-21-16;/h11,14,19H,4-10H2,1-3H3,(H,20,24);1H. The van der Waals surface area contributed by atoms with Gasteiger partial charge in [0.25, 0.3) is 0 Å². The number of anilines is 1. The van der Waals surface area contributed by atoms with Gasteiger partial charge in [0, 0.05) is 37.0 Å². The van der Waals surface area contributed by atoms with E-state index in [0.29, 0.717) is 6.54 Å². The highest BCUT2D eigenvalue weighted by Gasteiger charge is 2.27. The van der Waals surface area contributed by atoms with Crippen LogP contribution in [0.15, 0.2) is 6.33 Å². The summed E-state index contributed by atoms with van der Waals surface area (Å²) < 4.78 is 0. The molecule has 2 aromatic heterocycles. The number of aromatic nitrogens is 2. The Kier molecular flexibility index (Phi) is 7.61. The lowest BCUT2D eigenvalue weighted by Crippen LogP contribution is -2.42. The van der Waals surface area contributed by atoms with Gasteiger partial charge in [0.15, 0.2) is 0 Å². The van der Waals surface area contributed by atoms with Crippen molar-refractivity contribution >= 4 is 45.7 Å². The highest BCUT2D eigenvalue weighted by Crippen LogP contribution is 2.35. The predicted octanol–water partition coefficient (Wildman–Crippen LogP) is 2.67. The average molecular weight is 398 g/mol. The molecule has 3 rings (SSSR count). The fourth-order valence-corrected chi connectivity index (χ4v) is 4.34. The van der Waals surface area contributed by atoms with E-state index in [-0.39, 0.29) is 24.2 Å². The Hall–Kier alpha value is -1.44. The van der Waals surface area contributed by atoms with Crippen molar-refractivity contribution in [1.82, 2.24) is 20.6 Å². The SMILES string of the molecule is CCNCCNC(=O)C1CCN(c2ncnc3sc(C)c(C)c23)CC1.Cl. The molecule has 0 atom stereocenters. The lowest BCUT2D eigenvalue weighted by atomic mass is 9.95. The van der Waals surface area contributed by atoms with E-state index < -0.39 is 0 Å². The Morgan fingerprint density at radius 1 is 1.27 bits per heavy atom. The maximum atomic E-state index is 12.3. The van der Waals surface area contributed by atoms with E-state index in [2.05, 4.69) is 46.3 Å². The number of aryl methyl sites for hydroxylation is 2. The molecule has 0 unspecified atom stereocenters. The van der Waals surface area contributed by atoms with Crippen molar-refractivity contribution in [3.8, 4) is 0 Å². The first kappa shape index (κ1) is 20.9. The fraction of sp³-hybridized carbons (Fsp3) is 0.611. The monoisotopic (exact) mass is 397 g/mol. The number of hydrogen-bond acceptors (Lipinski definition) is 6. The van der Waals surface area contributed by atoms with E-state index in [1.54, 1.807) is 17.7 Å². The van der Waals surface area contributed by atoms with Gasteiger partial charge in [-0.2, -0.15) is 0 Å². The maximum Gasteiger partial charge on any atom is 0.223 e. The molecule has 1 aliphatic rings. The van der Waals surface area contributed by atoms with Gasteiger partial charge in [-0.05, 0) is 38.8 Å². The molecule has 6 nitrogen and oxygen atoms in total. The van der Waals surface area contributed by atoms with Crippen LogP contribution in [0.2, 0.25) is 0 Å². The van der Waals surface area contributed by atoms with Crippen LogP contribution in [0.5, 0.6) is 0 Å². The van der Waals surface area contributed by atoms with Gasteiger partial charge in [0.2, 0.25) is 5.91 Å². The molecule has 2 N–H and O–H groups in total. The molecule has 0 aromatic carbocycles. The number of piperidine rings is 1. The summed E-state index contributed by atoms with van der Waals surface area (Å²) in [4.78, 5) is 25.9. The van der Waals surface area contributed by atoms with Crippen molar-refractivity contribution in [1.29, 1.82) is 0 Å². The van der Waals surface area contributed by atoms with Gasteiger partial charge in [-0.3, -0.25) is 4.79 Å². The summed E-state index contributed by atoms with van der Waals surface area (Å²) in [6.07, 6.45) is 3.41. The molecular formula is C18H28ClN5OS. The van der Waals surface area contributed by atoms with Gasteiger partial charge < -0.3 is 15.5 Å². The van der Waals surface area contributed by atoms with Gasteiger partial charge in [0.05, 0.1) is 5.39 Å². The van der Waals surface area contributed by atoms with Crippen molar-refractivity contribution in [2.24, 2.45) is 5.92 Å². The zero-order chi connectivity index (χ0) is 17.8. The summed E-state index contributed by atoms with van der Waals surface area (Å²) in [7, 11) is 0. The lowest BCUT2D eigenvalue weighted by molar-refractivity contribution is -0.125. The number of nitrogens with one attached hydrogen (secondary N) is 2. The molecule has 0 spiro atoms. The molecular weight excluding hydrogens is 370 g/mol. The Labute approximate surface area is 165 Å². The Balaban J connectivity index is 0.00000243. The number of halogens is 1. The first-order chi connectivity index (χ1) is 12.1. The average Bonchev–Trinajstić information content (AvgIpc) is 2.93. The first-order valence-electron chi connectivity index (χ1n) is 9.05. The van der Waals surface area contributed by atoms with Crippen molar-refractivity contribution in [3.05, 3.63) is 16.8 Å². The number of hydrogen-bond donors (Lipinski definition) is 2. The van der Waals surface area contributed by atoms with Crippen molar-refractivity contribution in [2.75, 3.05) is 37.6 Å². The molecule has 2 aromatic rings. The summed E-state index contributed by atoms with van der Waals surface area (Å²) in [6, 6.07) is 0. The van der Waals surface area contributed by atoms with Gasteiger partial charge in [-0.25, -0.2) is 9.97 Å². The summed E-state index contributed by atoms with van der Waals surface area (Å²) in [5, 5.41) is 7.44. The molecule has 1 amide bonds. The summed E-state index contributed by atoms with van der Waals surface area (Å²) in [5.41, 5.74) is 1.28. The minimum Gasteiger partial charge on any atom is -0.356 e. The molecule has 144 valence electrons. The number of rotatable bonds is 6. The Bertz CT molecular complexity index is 743. The van der Waals surface area contributed by atoms with Crippen LogP contribution in [-0.4, -0.2) is 48.6 Å². The molecule has 1 aliphatic heterocycles. The van der Waals surface area contributed by atoms with Gasteiger partial charge >= 0.3 is 0 Å². The van der Waals surface area contributed by atoms with Gasteiger partial charge in [0.1, 0.15) is 17.0 Å². The van der Waals surface area contributed by atoms with Crippen molar-refractivity contribution in [3.63, 3.8) is 0 Å². The maximum absolute atomic E-state index is 12.3. The number of carbonyl (C=O) groups is 1. The number of thiophene rings is 1. The fourth-order valence-electron chi connectivity index (χ4n) is 3.35. The molecule has 1 fully saturated rings. The van der Waals surface area contributed by atoms with Crippen LogP contribution in [0.4, 0.5) is 5.82 Å². The Morgan fingerprint density at radius 3 is 2.69 bits per heavy atom. The minimum atomic E-state index is 0.